The van der Waals surface area contributed by atoms with Crippen molar-refractivity contribution in [1.82, 2.24) is 0 Å². The molecular weight excluding hydrogens is 703 g/mol. The number of hydrogen-bond acceptors (Lipinski definition) is 10. The SMILES string of the molecule is CC(C)=CCC/C(C)=C/CCC(C)(O)C(O)CC[C@]1(C)CCCC2=C1CC[C@H](C)[C@@]2(C)Cc1cc(OS(=O)(=O)[O-])ccc1OS(=O)(=O)[O-].[Na+].[Na+]. The molecule has 272 valence electrons. The van der Waals surface area contributed by atoms with Crippen LogP contribution in [0.4, 0.5) is 0 Å². The molecule has 2 aliphatic rings. The monoisotopic (exact) mass is 756 g/mol. The number of aliphatic hydroxyl groups is 2. The smallest absolute Gasteiger partial charge is 0.716 e. The van der Waals surface area contributed by atoms with Crippen LogP contribution < -0.4 is 67.5 Å². The van der Waals surface area contributed by atoms with E-state index in [-0.39, 0.29) is 93.9 Å². The van der Waals surface area contributed by atoms with Gasteiger partial charge >= 0.3 is 59.1 Å². The van der Waals surface area contributed by atoms with Gasteiger partial charge in [0.2, 0.25) is 0 Å². The largest absolute Gasteiger partial charge is 1.00 e. The molecule has 2 aliphatic carbocycles. The molecule has 0 aromatic heterocycles. The van der Waals surface area contributed by atoms with E-state index in [0.717, 1.165) is 57.1 Å². The van der Waals surface area contributed by atoms with Crippen molar-refractivity contribution in [2.45, 2.75) is 137 Å². The minimum Gasteiger partial charge on any atom is -0.716 e. The van der Waals surface area contributed by atoms with Gasteiger partial charge in [0.25, 0.3) is 20.8 Å². The van der Waals surface area contributed by atoms with Crippen LogP contribution in [0.2, 0.25) is 0 Å². The Morgan fingerprint density at radius 2 is 1.66 bits per heavy atom. The Bertz CT molecular complexity index is 1610. The van der Waals surface area contributed by atoms with Crippen molar-refractivity contribution in [3.63, 3.8) is 0 Å². The van der Waals surface area contributed by atoms with Crippen molar-refractivity contribution in [3.8, 4) is 11.5 Å². The quantitative estimate of drug-likeness (QED) is 0.108. The second-order valence-electron chi connectivity index (χ2n) is 15.0. The zero-order valence-electron chi connectivity index (χ0n) is 31.5. The van der Waals surface area contributed by atoms with E-state index in [1.807, 2.05) is 0 Å². The fourth-order valence-electron chi connectivity index (χ4n) is 7.62. The maximum atomic E-state index is 11.6. The first-order valence-corrected chi connectivity index (χ1v) is 19.6. The Morgan fingerprint density at radius 3 is 2.26 bits per heavy atom. The Balaban J connectivity index is 0.00000625. The summed E-state index contributed by atoms with van der Waals surface area (Å²) in [5, 5.41) is 22.4. The van der Waals surface area contributed by atoms with Crippen LogP contribution in [-0.4, -0.2) is 47.9 Å². The van der Waals surface area contributed by atoms with E-state index >= 15 is 0 Å². The van der Waals surface area contributed by atoms with Gasteiger partial charge in [-0.2, -0.15) is 0 Å². The summed E-state index contributed by atoms with van der Waals surface area (Å²) in [7, 11) is -10.2. The fraction of sp³-hybridized carbons (Fsp3) is 0.667. The molecular formula is C36H54Na2O10S2. The molecule has 1 aromatic carbocycles. The van der Waals surface area contributed by atoms with Gasteiger partial charge in [-0.15, -0.1) is 0 Å². The van der Waals surface area contributed by atoms with Gasteiger partial charge in [-0.25, -0.2) is 16.8 Å². The van der Waals surface area contributed by atoms with Crippen LogP contribution >= 0.6 is 0 Å². The van der Waals surface area contributed by atoms with E-state index in [0.29, 0.717) is 25.7 Å². The van der Waals surface area contributed by atoms with Gasteiger partial charge in [0.1, 0.15) is 11.5 Å². The molecule has 10 nitrogen and oxygen atoms in total. The molecule has 0 amide bonds. The average Bonchev–Trinajstić information content (AvgIpc) is 2.94. The first-order chi connectivity index (χ1) is 22.0. The van der Waals surface area contributed by atoms with Gasteiger partial charge in [0, 0.05) is 5.56 Å². The summed E-state index contributed by atoms with van der Waals surface area (Å²) in [4.78, 5) is 0. The third kappa shape index (κ3) is 13.9. The molecule has 0 spiro atoms. The summed E-state index contributed by atoms with van der Waals surface area (Å²) in [6.45, 7) is 14.4. The summed E-state index contributed by atoms with van der Waals surface area (Å²) in [6, 6.07) is 3.43. The van der Waals surface area contributed by atoms with Crippen molar-refractivity contribution in [3.05, 3.63) is 58.2 Å². The topological polar surface area (TPSA) is 173 Å². The molecule has 0 saturated heterocycles. The Morgan fingerprint density at radius 1 is 1.02 bits per heavy atom. The summed E-state index contributed by atoms with van der Waals surface area (Å²) < 4.78 is 77.8. The van der Waals surface area contributed by atoms with E-state index in [1.165, 1.54) is 28.4 Å². The maximum absolute atomic E-state index is 11.6. The van der Waals surface area contributed by atoms with Crippen LogP contribution in [0.1, 0.15) is 125 Å². The van der Waals surface area contributed by atoms with Crippen LogP contribution in [0.25, 0.3) is 0 Å². The summed E-state index contributed by atoms with van der Waals surface area (Å²) in [5.74, 6) is -0.419. The molecule has 0 aliphatic heterocycles. The predicted octanol–water partition coefficient (Wildman–Crippen LogP) is 1.20. The molecule has 2 N–H and O–H groups in total. The molecule has 0 saturated carbocycles. The number of aliphatic hydroxyl groups excluding tert-OH is 1. The zero-order valence-corrected chi connectivity index (χ0v) is 37.1. The van der Waals surface area contributed by atoms with E-state index in [9.17, 15) is 36.2 Å². The third-order valence-electron chi connectivity index (χ3n) is 10.8. The van der Waals surface area contributed by atoms with E-state index in [1.54, 1.807) is 6.92 Å². The normalized spacial score (nSPS) is 24.5. The second-order valence-corrected chi connectivity index (χ2v) is 16.9. The maximum Gasteiger partial charge on any atom is 1.00 e. The number of allylic oxidation sites excluding steroid dienone is 6. The number of benzene rings is 1. The number of rotatable bonds is 16. The third-order valence-corrected chi connectivity index (χ3v) is 11.5. The Hall–Kier alpha value is -0.220. The van der Waals surface area contributed by atoms with E-state index < -0.39 is 37.9 Å². The molecule has 0 heterocycles. The minimum atomic E-state index is -5.14. The molecule has 0 radical (unpaired) electrons. The first-order valence-electron chi connectivity index (χ1n) is 16.9. The summed E-state index contributed by atoms with van der Waals surface area (Å²) in [5.41, 5.74) is 3.33. The first kappa shape index (κ1) is 47.8. The average molecular weight is 757 g/mol. The van der Waals surface area contributed by atoms with Crippen LogP contribution in [0.15, 0.2) is 52.6 Å². The van der Waals surface area contributed by atoms with Gasteiger partial charge in [-0.1, -0.05) is 55.2 Å². The van der Waals surface area contributed by atoms with Crippen molar-refractivity contribution >= 4 is 20.8 Å². The van der Waals surface area contributed by atoms with Gasteiger partial charge in [-0.05, 0) is 140 Å². The zero-order chi connectivity index (χ0) is 36.1. The molecule has 50 heavy (non-hydrogen) atoms. The van der Waals surface area contributed by atoms with Crippen LogP contribution in [-0.2, 0) is 27.2 Å². The van der Waals surface area contributed by atoms with Gasteiger partial charge in [0.05, 0.1) is 11.7 Å². The minimum absolute atomic E-state index is 0. The second kappa shape index (κ2) is 19.4. The summed E-state index contributed by atoms with van der Waals surface area (Å²) >= 11 is 0. The van der Waals surface area contributed by atoms with Crippen molar-refractivity contribution < 1.29 is 104 Å². The van der Waals surface area contributed by atoms with Gasteiger partial charge < -0.3 is 27.7 Å². The Kier molecular flexibility index (Phi) is 18.5. The van der Waals surface area contributed by atoms with Crippen LogP contribution in [0.5, 0.6) is 11.5 Å². The molecule has 5 atom stereocenters. The Labute approximate surface area is 345 Å². The van der Waals surface area contributed by atoms with Gasteiger partial charge in [0.15, 0.2) is 0 Å². The molecule has 0 bridgehead atoms. The standard InChI is InChI=1S/C36H56O10S2.2Na/c1-25(2)11-8-12-26(3)13-9-21-36(7,38)33(37)19-22-34(5)20-10-14-31-30(34)17-15-27(4)35(31,6)24-28-23-29(45-47(39,40)41)16-18-32(28)46-48(42,43)44;;/h11,13,16,18,23,27,33,37-38H,8-10,12,14-15,17,19-22,24H2,1-7H3,(H,39,40,41)(H,42,43,44);;/q;2*+1/p-2/b26-13+;;/t27-,33?,34-,35+,36?;;/m0../s1. The van der Waals surface area contributed by atoms with Crippen molar-refractivity contribution in [1.29, 1.82) is 0 Å². The van der Waals surface area contributed by atoms with Crippen molar-refractivity contribution in [2.75, 3.05) is 0 Å². The molecule has 3 rings (SSSR count). The van der Waals surface area contributed by atoms with E-state index in [4.69, 9.17) is 4.18 Å². The van der Waals surface area contributed by atoms with Crippen LogP contribution in [0.3, 0.4) is 0 Å². The van der Waals surface area contributed by atoms with E-state index in [2.05, 4.69) is 57.9 Å². The fourth-order valence-corrected chi connectivity index (χ4v) is 8.34. The molecule has 1 aromatic rings. The summed E-state index contributed by atoms with van der Waals surface area (Å²) in [6.07, 6.45) is 12.2. The van der Waals surface area contributed by atoms with Gasteiger partial charge in [-0.3, -0.25) is 0 Å². The number of hydrogen-bond donors (Lipinski definition) is 2. The van der Waals surface area contributed by atoms with Crippen LogP contribution in [0, 0.1) is 16.7 Å². The predicted molar refractivity (Wildman–Crippen MR) is 184 cm³/mol. The molecule has 0 fully saturated rings. The molecule has 2 unspecified atom stereocenters. The van der Waals surface area contributed by atoms with Crippen molar-refractivity contribution in [2.24, 2.45) is 16.7 Å². The molecule has 14 heteroatoms.